The molecule has 2 atom stereocenters. The molecule has 2 aromatic heterocycles. The van der Waals surface area contributed by atoms with E-state index in [4.69, 9.17) is 0 Å². The lowest BCUT2D eigenvalue weighted by Crippen LogP contribution is -2.44. The number of aryl methyl sites for hydroxylation is 1. The third-order valence-electron chi connectivity index (χ3n) is 5.84. The van der Waals surface area contributed by atoms with Gasteiger partial charge in [-0.1, -0.05) is 35.9 Å². The Labute approximate surface area is 166 Å². The molecular weight excluding hydrogens is 372 g/mol. The molecule has 3 aromatic rings. The van der Waals surface area contributed by atoms with Crippen molar-refractivity contribution < 1.29 is 0 Å². The first-order chi connectivity index (χ1) is 13.6. The predicted molar refractivity (Wildman–Crippen MR) is 109 cm³/mol. The van der Waals surface area contributed by atoms with Crippen LogP contribution in [0.1, 0.15) is 27.7 Å². The van der Waals surface area contributed by atoms with E-state index in [-0.39, 0.29) is 5.92 Å². The van der Waals surface area contributed by atoms with Crippen molar-refractivity contribution in [3.8, 4) is 0 Å². The molecule has 5 rings (SSSR count). The Bertz CT molecular complexity index is 1110. The molecule has 7 heteroatoms. The normalized spacial score (nSPS) is 21.0. The van der Waals surface area contributed by atoms with Crippen LogP contribution in [0.5, 0.6) is 0 Å². The van der Waals surface area contributed by atoms with Crippen molar-refractivity contribution in [1.29, 1.82) is 0 Å². The van der Waals surface area contributed by atoms with E-state index in [0.29, 0.717) is 19.0 Å². The summed E-state index contributed by atoms with van der Waals surface area (Å²) in [6, 6.07) is 12.2. The SMILES string of the molecule is Cc1ccc(Cn2nc3n(c(=O)c2=O)C[C@@H]2CN(Cc4cccs4)C[C@H]32)cc1. The Morgan fingerprint density at radius 1 is 1.04 bits per heavy atom. The monoisotopic (exact) mass is 394 g/mol. The van der Waals surface area contributed by atoms with Gasteiger partial charge in [0, 0.05) is 42.9 Å². The Hall–Kier alpha value is -2.51. The van der Waals surface area contributed by atoms with Crippen LogP contribution in [0, 0.1) is 12.8 Å². The number of fused-ring (bicyclic) bond motifs is 3. The highest BCUT2D eigenvalue weighted by Gasteiger charge is 2.42. The fraction of sp³-hybridized carbons (Fsp3) is 0.381. The van der Waals surface area contributed by atoms with Gasteiger partial charge in [0.25, 0.3) is 0 Å². The molecule has 4 heterocycles. The highest BCUT2D eigenvalue weighted by Crippen LogP contribution is 2.37. The summed E-state index contributed by atoms with van der Waals surface area (Å²) in [5.41, 5.74) is 1.18. The average Bonchev–Trinajstić information content (AvgIpc) is 3.39. The lowest BCUT2D eigenvalue weighted by atomic mass is 10.00. The largest absolute Gasteiger partial charge is 0.332 e. The molecule has 2 aliphatic rings. The fourth-order valence-corrected chi connectivity index (χ4v) is 5.15. The van der Waals surface area contributed by atoms with Gasteiger partial charge in [-0.2, -0.15) is 5.10 Å². The maximum absolute atomic E-state index is 12.7. The summed E-state index contributed by atoms with van der Waals surface area (Å²) in [7, 11) is 0. The molecule has 144 valence electrons. The van der Waals surface area contributed by atoms with Crippen LogP contribution < -0.4 is 11.1 Å². The van der Waals surface area contributed by atoms with Gasteiger partial charge in [0.1, 0.15) is 5.82 Å². The fourth-order valence-electron chi connectivity index (χ4n) is 4.40. The van der Waals surface area contributed by atoms with Gasteiger partial charge in [-0.3, -0.25) is 19.1 Å². The lowest BCUT2D eigenvalue weighted by molar-refractivity contribution is 0.306. The van der Waals surface area contributed by atoms with E-state index < -0.39 is 11.1 Å². The number of hydrogen-bond acceptors (Lipinski definition) is 5. The van der Waals surface area contributed by atoms with Crippen molar-refractivity contribution >= 4 is 11.3 Å². The second-order valence-electron chi connectivity index (χ2n) is 7.86. The Morgan fingerprint density at radius 2 is 1.86 bits per heavy atom. The first-order valence-corrected chi connectivity index (χ1v) is 10.5. The van der Waals surface area contributed by atoms with E-state index in [0.717, 1.165) is 36.6 Å². The molecule has 0 spiro atoms. The molecule has 0 saturated carbocycles. The van der Waals surface area contributed by atoms with Gasteiger partial charge >= 0.3 is 11.1 Å². The summed E-state index contributed by atoms with van der Waals surface area (Å²) in [6.45, 7) is 5.73. The maximum Gasteiger partial charge on any atom is 0.332 e. The second-order valence-corrected chi connectivity index (χ2v) is 8.89. The van der Waals surface area contributed by atoms with Gasteiger partial charge < -0.3 is 0 Å². The molecule has 2 aliphatic heterocycles. The molecule has 28 heavy (non-hydrogen) atoms. The zero-order valence-corrected chi connectivity index (χ0v) is 16.6. The molecule has 0 radical (unpaired) electrons. The minimum absolute atomic E-state index is 0.220. The number of benzene rings is 1. The molecule has 1 saturated heterocycles. The van der Waals surface area contributed by atoms with Crippen LogP contribution in [0.2, 0.25) is 0 Å². The summed E-state index contributed by atoms with van der Waals surface area (Å²) in [6.07, 6.45) is 0. The van der Waals surface area contributed by atoms with Crippen molar-refractivity contribution in [3.05, 3.63) is 84.3 Å². The summed E-state index contributed by atoms with van der Waals surface area (Å²) in [5.74, 6) is 1.35. The zero-order valence-electron chi connectivity index (χ0n) is 15.7. The van der Waals surface area contributed by atoms with Crippen LogP contribution in [-0.4, -0.2) is 32.3 Å². The Morgan fingerprint density at radius 3 is 2.61 bits per heavy atom. The van der Waals surface area contributed by atoms with Crippen LogP contribution in [0.4, 0.5) is 0 Å². The number of nitrogens with zero attached hydrogens (tertiary/aromatic N) is 4. The highest BCUT2D eigenvalue weighted by molar-refractivity contribution is 7.09. The van der Waals surface area contributed by atoms with Gasteiger partial charge in [0.2, 0.25) is 0 Å². The molecule has 6 nitrogen and oxygen atoms in total. The number of hydrogen-bond donors (Lipinski definition) is 0. The van der Waals surface area contributed by atoms with Crippen LogP contribution in [0.15, 0.2) is 51.4 Å². The van der Waals surface area contributed by atoms with Gasteiger partial charge in [0.05, 0.1) is 6.54 Å². The van der Waals surface area contributed by atoms with Crippen molar-refractivity contribution in [1.82, 2.24) is 19.2 Å². The van der Waals surface area contributed by atoms with E-state index in [2.05, 4.69) is 27.5 Å². The molecule has 0 unspecified atom stereocenters. The van der Waals surface area contributed by atoms with Crippen LogP contribution >= 0.6 is 11.3 Å². The average molecular weight is 395 g/mol. The van der Waals surface area contributed by atoms with Gasteiger partial charge in [-0.05, 0) is 23.9 Å². The molecule has 0 amide bonds. The number of aromatic nitrogens is 3. The van der Waals surface area contributed by atoms with Gasteiger partial charge in [-0.15, -0.1) is 11.3 Å². The maximum atomic E-state index is 12.7. The minimum Gasteiger partial charge on any atom is -0.297 e. The van der Waals surface area contributed by atoms with E-state index in [1.807, 2.05) is 31.2 Å². The quantitative estimate of drug-likeness (QED) is 0.636. The Balaban J connectivity index is 1.43. The van der Waals surface area contributed by atoms with Crippen molar-refractivity contribution in [3.63, 3.8) is 0 Å². The van der Waals surface area contributed by atoms with Crippen LogP contribution in [-0.2, 0) is 19.6 Å². The highest BCUT2D eigenvalue weighted by atomic mass is 32.1. The van der Waals surface area contributed by atoms with E-state index >= 15 is 0 Å². The van der Waals surface area contributed by atoms with Gasteiger partial charge in [-0.25, -0.2) is 4.68 Å². The summed E-state index contributed by atoms with van der Waals surface area (Å²) >= 11 is 1.77. The molecular formula is C21H22N4O2S. The third kappa shape index (κ3) is 3.04. The number of rotatable bonds is 4. The lowest BCUT2D eigenvalue weighted by Gasteiger charge is -2.17. The summed E-state index contributed by atoms with van der Waals surface area (Å²) in [5, 5.41) is 6.75. The van der Waals surface area contributed by atoms with E-state index in [1.165, 1.54) is 9.56 Å². The van der Waals surface area contributed by atoms with Crippen molar-refractivity contribution in [2.45, 2.75) is 32.5 Å². The first-order valence-electron chi connectivity index (χ1n) is 9.60. The molecule has 0 bridgehead atoms. The Kier molecular flexibility index (Phi) is 4.29. The molecule has 1 aromatic carbocycles. The van der Waals surface area contributed by atoms with E-state index in [9.17, 15) is 9.59 Å². The third-order valence-corrected chi connectivity index (χ3v) is 6.70. The van der Waals surface area contributed by atoms with Crippen molar-refractivity contribution in [2.75, 3.05) is 13.1 Å². The number of thiophene rings is 1. The van der Waals surface area contributed by atoms with Crippen LogP contribution in [0.3, 0.4) is 0 Å². The predicted octanol–water partition coefficient (Wildman–Crippen LogP) is 2.05. The molecule has 0 aliphatic carbocycles. The summed E-state index contributed by atoms with van der Waals surface area (Å²) < 4.78 is 2.97. The number of likely N-dealkylation sites (tertiary alicyclic amines) is 1. The second kappa shape index (κ2) is 6.83. The smallest absolute Gasteiger partial charge is 0.297 e. The topological polar surface area (TPSA) is 60.1 Å². The summed E-state index contributed by atoms with van der Waals surface area (Å²) in [4.78, 5) is 29.0. The first kappa shape index (κ1) is 17.6. The standard InChI is InChI=1S/C21H22N4O2S/c1-14-4-6-15(7-5-14)9-25-21(27)20(26)24-11-16-10-23(12-17-3-2-8-28-17)13-18(16)19(24)22-25/h2-8,16,18H,9-13H2,1H3/t16-,18-/m0/s1. The van der Waals surface area contributed by atoms with Crippen molar-refractivity contribution in [2.24, 2.45) is 5.92 Å². The zero-order chi connectivity index (χ0) is 19.3. The molecule has 0 N–H and O–H groups in total. The molecule has 1 fully saturated rings. The van der Waals surface area contributed by atoms with E-state index in [1.54, 1.807) is 15.9 Å². The van der Waals surface area contributed by atoms with Crippen LogP contribution in [0.25, 0.3) is 0 Å². The van der Waals surface area contributed by atoms with Gasteiger partial charge in [0.15, 0.2) is 0 Å². The minimum atomic E-state index is -0.528.